The van der Waals surface area contributed by atoms with E-state index in [9.17, 15) is 8.42 Å². The lowest BCUT2D eigenvalue weighted by Crippen LogP contribution is -2.01. The quantitative estimate of drug-likeness (QED) is 0.806. The molecule has 0 saturated heterocycles. The molecule has 1 heterocycles. The second-order valence-corrected chi connectivity index (χ2v) is 7.03. The van der Waals surface area contributed by atoms with Crippen molar-refractivity contribution in [1.82, 2.24) is 15.0 Å². The summed E-state index contributed by atoms with van der Waals surface area (Å²) in [6, 6.07) is 3.16. The SMILES string of the molecule is Cc1cc(S(=O)(=O)Cl)c(C)cc1OCc1cn(C)nn1. The van der Waals surface area contributed by atoms with E-state index in [-0.39, 0.29) is 11.5 Å². The Bertz CT molecular complexity index is 740. The number of aromatic nitrogens is 3. The Hall–Kier alpha value is -1.60. The highest BCUT2D eigenvalue weighted by Crippen LogP contribution is 2.28. The molecule has 0 aliphatic carbocycles. The Labute approximate surface area is 121 Å². The van der Waals surface area contributed by atoms with Crippen LogP contribution in [0.2, 0.25) is 0 Å². The molecule has 0 saturated carbocycles. The Morgan fingerprint density at radius 1 is 1.30 bits per heavy atom. The van der Waals surface area contributed by atoms with Crippen LogP contribution >= 0.6 is 10.7 Å². The fourth-order valence-electron chi connectivity index (χ4n) is 1.79. The predicted molar refractivity (Wildman–Crippen MR) is 74.3 cm³/mol. The molecule has 108 valence electrons. The Morgan fingerprint density at radius 3 is 2.55 bits per heavy atom. The van der Waals surface area contributed by atoms with Gasteiger partial charge in [0.25, 0.3) is 9.05 Å². The number of hydrogen-bond acceptors (Lipinski definition) is 5. The summed E-state index contributed by atoms with van der Waals surface area (Å²) in [6.07, 6.45) is 1.75. The molecule has 0 atom stereocenters. The molecule has 2 aromatic rings. The fraction of sp³-hybridized carbons (Fsp3) is 0.333. The van der Waals surface area contributed by atoms with E-state index in [1.165, 1.54) is 6.07 Å². The summed E-state index contributed by atoms with van der Waals surface area (Å²) < 4.78 is 30.0. The van der Waals surface area contributed by atoms with Crippen LogP contribution in [-0.4, -0.2) is 23.4 Å². The van der Waals surface area contributed by atoms with Crippen LogP contribution in [0, 0.1) is 13.8 Å². The molecule has 1 aromatic carbocycles. The fourth-order valence-corrected chi connectivity index (χ4v) is 3.05. The van der Waals surface area contributed by atoms with Gasteiger partial charge in [-0.05, 0) is 37.1 Å². The number of halogens is 1. The van der Waals surface area contributed by atoms with Gasteiger partial charge in [0.05, 0.1) is 11.1 Å². The first-order valence-corrected chi connectivity index (χ1v) is 8.12. The molecule has 0 fully saturated rings. The minimum absolute atomic E-state index is 0.100. The van der Waals surface area contributed by atoms with Gasteiger partial charge in [0.1, 0.15) is 18.1 Å². The van der Waals surface area contributed by atoms with Gasteiger partial charge in [0.15, 0.2) is 0 Å². The zero-order valence-corrected chi connectivity index (χ0v) is 12.9. The molecule has 20 heavy (non-hydrogen) atoms. The number of aryl methyl sites for hydroxylation is 3. The topological polar surface area (TPSA) is 74.1 Å². The van der Waals surface area contributed by atoms with Crippen molar-refractivity contribution >= 4 is 19.7 Å². The smallest absolute Gasteiger partial charge is 0.261 e. The van der Waals surface area contributed by atoms with E-state index in [1.54, 1.807) is 37.8 Å². The monoisotopic (exact) mass is 315 g/mol. The van der Waals surface area contributed by atoms with Crippen LogP contribution in [0.4, 0.5) is 0 Å². The van der Waals surface area contributed by atoms with Crippen molar-refractivity contribution in [3.05, 3.63) is 35.2 Å². The minimum Gasteiger partial charge on any atom is -0.487 e. The van der Waals surface area contributed by atoms with Gasteiger partial charge < -0.3 is 4.74 Å². The molecular weight excluding hydrogens is 302 g/mol. The molecule has 0 N–H and O–H groups in total. The summed E-state index contributed by atoms with van der Waals surface area (Å²) in [6.45, 7) is 3.70. The number of nitrogens with zero attached hydrogens (tertiary/aromatic N) is 3. The zero-order chi connectivity index (χ0) is 14.9. The van der Waals surface area contributed by atoms with Gasteiger partial charge in [-0.15, -0.1) is 5.10 Å². The van der Waals surface area contributed by atoms with Gasteiger partial charge in [-0.3, -0.25) is 4.68 Å². The van der Waals surface area contributed by atoms with Gasteiger partial charge in [0.2, 0.25) is 0 Å². The molecule has 0 radical (unpaired) electrons. The molecule has 2 rings (SSSR count). The zero-order valence-electron chi connectivity index (χ0n) is 11.3. The lowest BCUT2D eigenvalue weighted by atomic mass is 10.1. The third kappa shape index (κ3) is 3.29. The van der Waals surface area contributed by atoms with E-state index in [2.05, 4.69) is 10.3 Å². The lowest BCUT2D eigenvalue weighted by molar-refractivity contribution is 0.298. The van der Waals surface area contributed by atoms with Gasteiger partial charge >= 0.3 is 0 Å². The van der Waals surface area contributed by atoms with E-state index >= 15 is 0 Å². The van der Waals surface area contributed by atoms with Crippen LogP contribution in [0.15, 0.2) is 23.2 Å². The van der Waals surface area contributed by atoms with Crippen LogP contribution < -0.4 is 4.74 Å². The lowest BCUT2D eigenvalue weighted by Gasteiger charge is -2.11. The van der Waals surface area contributed by atoms with E-state index in [1.807, 2.05) is 0 Å². The first-order chi connectivity index (χ1) is 9.27. The van der Waals surface area contributed by atoms with Crippen molar-refractivity contribution in [3.63, 3.8) is 0 Å². The van der Waals surface area contributed by atoms with Crippen LogP contribution in [0.1, 0.15) is 16.8 Å². The maximum Gasteiger partial charge on any atom is 0.261 e. The van der Waals surface area contributed by atoms with E-state index in [4.69, 9.17) is 15.4 Å². The molecule has 0 aliphatic rings. The third-order valence-electron chi connectivity index (χ3n) is 2.76. The van der Waals surface area contributed by atoms with Crippen molar-refractivity contribution in [1.29, 1.82) is 0 Å². The highest BCUT2D eigenvalue weighted by atomic mass is 35.7. The largest absolute Gasteiger partial charge is 0.487 e. The number of benzene rings is 1. The van der Waals surface area contributed by atoms with E-state index in [0.717, 1.165) is 0 Å². The molecular formula is C12H14ClN3O3S. The molecule has 1 aromatic heterocycles. The normalized spacial score (nSPS) is 11.6. The maximum atomic E-state index is 11.4. The maximum absolute atomic E-state index is 11.4. The average Bonchev–Trinajstić information content (AvgIpc) is 2.74. The van der Waals surface area contributed by atoms with Gasteiger partial charge in [-0.25, -0.2) is 8.42 Å². The summed E-state index contributed by atoms with van der Waals surface area (Å²) in [7, 11) is 3.40. The van der Waals surface area contributed by atoms with Crippen molar-refractivity contribution in [2.45, 2.75) is 25.3 Å². The molecule has 6 nitrogen and oxygen atoms in total. The van der Waals surface area contributed by atoms with Crippen molar-refractivity contribution in [2.24, 2.45) is 7.05 Å². The average molecular weight is 316 g/mol. The highest BCUT2D eigenvalue weighted by molar-refractivity contribution is 8.13. The van der Waals surface area contributed by atoms with E-state index in [0.29, 0.717) is 22.6 Å². The Kier molecular flexibility index (Phi) is 4.01. The first-order valence-electron chi connectivity index (χ1n) is 5.81. The van der Waals surface area contributed by atoms with Gasteiger partial charge in [0, 0.05) is 17.7 Å². The second-order valence-electron chi connectivity index (χ2n) is 4.49. The number of ether oxygens (including phenoxy) is 1. The summed E-state index contributed by atoms with van der Waals surface area (Å²) in [5, 5.41) is 7.72. The van der Waals surface area contributed by atoms with Crippen LogP contribution in [0.5, 0.6) is 5.75 Å². The summed E-state index contributed by atoms with van der Waals surface area (Å²) >= 11 is 0. The van der Waals surface area contributed by atoms with E-state index < -0.39 is 9.05 Å². The standard InChI is InChI=1S/C12H14ClN3O3S/c1-8-5-12(20(13,17)18)9(2)4-11(8)19-7-10-6-16(3)15-14-10/h4-6H,7H2,1-3H3. The second kappa shape index (κ2) is 5.41. The summed E-state index contributed by atoms with van der Waals surface area (Å²) in [5.41, 5.74) is 1.93. The van der Waals surface area contributed by atoms with Crippen LogP contribution in [0.25, 0.3) is 0 Å². The van der Waals surface area contributed by atoms with Crippen LogP contribution in [-0.2, 0) is 22.7 Å². The Morgan fingerprint density at radius 2 is 2.00 bits per heavy atom. The summed E-state index contributed by atoms with van der Waals surface area (Å²) in [4.78, 5) is 0.100. The van der Waals surface area contributed by atoms with Gasteiger partial charge in [-0.1, -0.05) is 5.21 Å². The number of rotatable bonds is 4. The van der Waals surface area contributed by atoms with Gasteiger partial charge in [-0.2, -0.15) is 0 Å². The van der Waals surface area contributed by atoms with Crippen molar-refractivity contribution in [3.8, 4) is 5.75 Å². The molecule has 8 heteroatoms. The summed E-state index contributed by atoms with van der Waals surface area (Å²) in [5.74, 6) is 0.595. The highest BCUT2D eigenvalue weighted by Gasteiger charge is 2.16. The molecule has 0 spiro atoms. The third-order valence-corrected chi connectivity index (χ3v) is 4.22. The van der Waals surface area contributed by atoms with Crippen LogP contribution in [0.3, 0.4) is 0 Å². The minimum atomic E-state index is -3.75. The molecule has 0 unspecified atom stereocenters. The molecule has 0 bridgehead atoms. The number of hydrogen-bond donors (Lipinski definition) is 0. The van der Waals surface area contributed by atoms with Crippen molar-refractivity contribution in [2.75, 3.05) is 0 Å². The Balaban J connectivity index is 2.23. The van der Waals surface area contributed by atoms with Crippen molar-refractivity contribution < 1.29 is 13.2 Å². The predicted octanol–water partition coefficient (Wildman–Crippen LogP) is 1.94. The molecule has 0 amide bonds. The first kappa shape index (κ1) is 14.8. The molecule has 0 aliphatic heterocycles.